The van der Waals surface area contributed by atoms with E-state index in [4.69, 9.17) is 4.74 Å². The average molecular weight is 262 g/mol. The number of halogens is 2. The molecule has 1 rings (SSSR count). The minimum atomic E-state index is -0.525. The minimum absolute atomic E-state index is 0. The summed E-state index contributed by atoms with van der Waals surface area (Å²) in [5.41, 5.74) is 0.127. The zero-order valence-electron chi connectivity index (χ0n) is 10.2. The van der Waals surface area contributed by atoms with Crippen molar-refractivity contribution in [2.45, 2.75) is 6.42 Å². The second kappa shape index (κ2) is 7.25. The Balaban J connectivity index is 0.00000256. The Morgan fingerprint density at radius 3 is 2.53 bits per heavy atom. The Morgan fingerprint density at radius 2 is 2.06 bits per heavy atom. The zero-order valence-corrected chi connectivity index (χ0v) is 11.0. The van der Waals surface area contributed by atoms with Gasteiger partial charge in [-0.15, -0.1) is 12.4 Å². The highest BCUT2D eigenvalue weighted by molar-refractivity contribution is 5.96. The SMILES string of the molecule is COc1ccc(C(=O)CCN(C)C)c(F)c1.Cl. The summed E-state index contributed by atoms with van der Waals surface area (Å²) < 4.78 is 18.4. The fraction of sp³-hybridized carbons (Fsp3) is 0.417. The first kappa shape index (κ1) is 15.9. The summed E-state index contributed by atoms with van der Waals surface area (Å²) in [4.78, 5) is 13.6. The molecule has 96 valence electrons. The predicted octanol–water partition coefficient (Wildman–Crippen LogP) is 2.39. The van der Waals surface area contributed by atoms with Gasteiger partial charge >= 0.3 is 0 Å². The number of nitrogens with zero attached hydrogens (tertiary/aromatic N) is 1. The molecule has 0 amide bonds. The van der Waals surface area contributed by atoms with Crippen LogP contribution in [0.3, 0.4) is 0 Å². The van der Waals surface area contributed by atoms with Gasteiger partial charge in [-0.3, -0.25) is 4.79 Å². The fourth-order valence-corrected chi connectivity index (χ4v) is 1.31. The van der Waals surface area contributed by atoms with E-state index < -0.39 is 5.82 Å². The number of ether oxygens (including phenoxy) is 1. The largest absolute Gasteiger partial charge is 0.497 e. The van der Waals surface area contributed by atoms with Gasteiger partial charge in [0.05, 0.1) is 12.7 Å². The van der Waals surface area contributed by atoms with E-state index in [2.05, 4.69) is 0 Å². The van der Waals surface area contributed by atoms with E-state index in [0.717, 1.165) is 0 Å². The van der Waals surface area contributed by atoms with Crippen LogP contribution in [0, 0.1) is 5.82 Å². The molecule has 0 bridgehead atoms. The Kier molecular flexibility index (Phi) is 6.76. The van der Waals surface area contributed by atoms with Crippen molar-refractivity contribution in [3.05, 3.63) is 29.6 Å². The molecule has 17 heavy (non-hydrogen) atoms. The molecule has 1 aromatic rings. The topological polar surface area (TPSA) is 29.5 Å². The van der Waals surface area contributed by atoms with Crippen molar-refractivity contribution in [3.63, 3.8) is 0 Å². The average Bonchev–Trinajstić information content (AvgIpc) is 2.25. The molecule has 0 fully saturated rings. The standard InChI is InChI=1S/C12H16FNO2.ClH/c1-14(2)7-6-12(15)10-5-4-9(16-3)8-11(10)13;/h4-5,8H,6-7H2,1-3H3;1H. The summed E-state index contributed by atoms with van der Waals surface area (Å²) in [7, 11) is 5.21. The van der Waals surface area contributed by atoms with Gasteiger partial charge in [-0.2, -0.15) is 0 Å². The summed E-state index contributed by atoms with van der Waals surface area (Å²) in [5.74, 6) is -0.293. The second-order valence-corrected chi connectivity index (χ2v) is 3.82. The number of ketones is 1. The highest BCUT2D eigenvalue weighted by atomic mass is 35.5. The number of benzene rings is 1. The van der Waals surface area contributed by atoms with Crippen LogP contribution < -0.4 is 4.74 Å². The van der Waals surface area contributed by atoms with E-state index in [1.54, 1.807) is 6.07 Å². The van der Waals surface area contributed by atoms with Gasteiger partial charge in [0.2, 0.25) is 0 Å². The summed E-state index contributed by atoms with van der Waals surface area (Å²) in [6, 6.07) is 4.28. The molecule has 0 aliphatic carbocycles. The third-order valence-electron chi connectivity index (χ3n) is 2.26. The van der Waals surface area contributed by atoms with Crippen LogP contribution >= 0.6 is 12.4 Å². The van der Waals surface area contributed by atoms with E-state index in [9.17, 15) is 9.18 Å². The molecular formula is C12H17ClFNO2. The van der Waals surface area contributed by atoms with E-state index in [-0.39, 0.29) is 23.8 Å². The molecule has 1 aromatic carbocycles. The molecule has 0 N–H and O–H groups in total. The van der Waals surface area contributed by atoms with E-state index in [1.807, 2.05) is 19.0 Å². The summed E-state index contributed by atoms with van der Waals surface area (Å²) >= 11 is 0. The maximum atomic E-state index is 13.5. The third-order valence-corrected chi connectivity index (χ3v) is 2.26. The zero-order chi connectivity index (χ0) is 12.1. The summed E-state index contributed by atoms with van der Waals surface area (Å²) in [5, 5.41) is 0. The number of carbonyl (C=O) groups excluding carboxylic acids is 1. The molecule has 0 saturated carbocycles. The monoisotopic (exact) mass is 261 g/mol. The van der Waals surface area contributed by atoms with Crippen molar-refractivity contribution in [2.75, 3.05) is 27.7 Å². The summed E-state index contributed by atoms with van der Waals surface area (Å²) in [6.45, 7) is 0.615. The van der Waals surface area contributed by atoms with Crippen molar-refractivity contribution in [1.82, 2.24) is 4.90 Å². The molecule has 0 saturated heterocycles. The maximum absolute atomic E-state index is 13.5. The Bertz CT molecular complexity index is 383. The van der Waals surface area contributed by atoms with Crippen LogP contribution in [0.15, 0.2) is 18.2 Å². The minimum Gasteiger partial charge on any atom is -0.497 e. The van der Waals surface area contributed by atoms with Gasteiger partial charge in [0, 0.05) is 19.0 Å². The molecule has 0 spiro atoms. The van der Waals surface area contributed by atoms with Crippen molar-refractivity contribution >= 4 is 18.2 Å². The molecule has 5 heteroatoms. The van der Waals surface area contributed by atoms with Gasteiger partial charge in [-0.05, 0) is 26.2 Å². The number of hydrogen-bond acceptors (Lipinski definition) is 3. The molecule has 0 aliphatic heterocycles. The van der Waals surface area contributed by atoms with E-state index in [0.29, 0.717) is 18.7 Å². The Labute approximate surface area is 107 Å². The van der Waals surface area contributed by atoms with Gasteiger partial charge in [0.15, 0.2) is 5.78 Å². The van der Waals surface area contributed by atoms with Crippen LogP contribution in [0.5, 0.6) is 5.75 Å². The molecule has 0 aromatic heterocycles. The lowest BCUT2D eigenvalue weighted by atomic mass is 10.1. The van der Waals surface area contributed by atoms with Crippen LogP contribution in [0.4, 0.5) is 4.39 Å². The van der Waals surface area contributed by atoms with Crippen LogP contribution in [0.2, 0.25) is 0 Å². The molecule has 0 unspecified atom stereocenters. The predicted molar refractivity (Wildman–Crippen MR) is 67.7 cm³/mol. The van der Waals surface area contributed by atoms with Crippen molar-refractivity contribution in [3.8, 4) is 5.75 Å². The third kappa shape index (κ3) is 4.71. The first-order valence-corrected chi connectivity index (χ1v) is 5.06. The van der Waals surface area contributed by atoms with Gasteiger partial charge in [0.25, 0.3) is 0 Å². The number of methoxy groups -OCH3 is 1. The lowest BCUT2D eigenvalue weighted by Crippen LogP contribution is -2.17. The molecule has 3 nitrogen and oxygen atoms in total. The normalized spacial score (nSPS) is 9.94. The van der Waals surface area contributed by atoms with Crippen LogP contribution in [-0.4, -0.2) is 38.4 Å². The van der Waals surface area contributed by atoms with Crippen molar-refractivity contribution < 1.29 is 13.9 Å². The molecule has 0 heterocycles. The van der Waals surface area contributed by atoms with Gasteiger partial charge < -0.3 is 9.64 Å². The lowest BCUT2D eigenvalue weighted by Gasteiger charge is -2.09. The fourth-order valence-electron chi connectivity index (χ4n) is 1.31. The molecule has 0 aliphatic rings. The maximum Gasteiger partial charge on any atom is 0.167 e. The summed E-state index contributed by atoms with van der Waals surface area (Å²) in [6.07, 6.45) is 0.316. The Hall–Kier alpha value is -1.13. The quantitative estimate of drug-likeness (QED) is 0.763. The van der Waals surface area contributed by atoms with Crippen molar-refractivity contribution in [2.24, 2.45) is 0 Å². The smallest absolute Gasteiger partial charge is 0.167 e. The van der Waals surface area contributed by atoms with Crippen molar-refractivity contribution in [1.29, 1.82) is 0 Å². The molecule has 0 atom stereocenters. The Morgan fingerprint density at radius 1 is 1.41 bits per heavy atom. The van der Waals surface area contributed by atoms with Crippen LogP contribution in [-0.2, 0) is 0 Å². The van der Waals surface area contributed by atoms with Crippen LogP contribution in [0.25, 0.3) is 0 Å². The van der Waals surface area contributed by atoms with Crippen LogP contribution in [0.1, 0.15) is 16.8 Å². The molecular weight excluding hydrogens is 245 g/mol. The number of hydrogen-bond donors (Lipinski definition) is 0. The van der Waals surface area contributed by atoms with Gasteiger partial charge in [0.1, 0.15) is 11.6 Å². The van der Waals surface area contributed by atoms with E-state index in [1.165, 1.54) is 19.2 Å². The van der Waals surface area contributed by atoms with Gasteiger partial charge in [-0.1, -0.05) is 0 Å². The number of carbonyl (C=O) groups is 1. The molecule has 0 radical (unpaired) electrons. The van der Waals surface area contributed by atoms with E-state index >= 15 is 0 Å². The highest BCUT2D eigenvalue weighted by Crippen LogP contribution is 2.17. The number of Topliss-reactive ketones (excluding diaryl/α,β-unsaturated/α-hetero) is 1. The first-order chi connectivity index (χ1) is 7.54. The second-order valence-electron chi connectivity index (χ2n) is 3.82. The van der Waals surface area contributed by atoms with Gasteiger partial charge in [-0.25, -0.2) is 4.39 Å². The number of rotatable bonds is 5. The first-order valence-electron chi connectivity index (χ1n) is 5.06. The highest BCUT2D eigenvalue weighted by Gasteiger charge is 2.12. The lowest BCUT2D eigenvalue weighted by molar-refractivity contribution is 0.0968.